The highest BCUT2D eigenvalue weighted by Gasteiger charge is 2.26. The van der Waals surface area contributed by atoms with Crippen molar-refractivity contribution in [2.24, 2.45) is 4.99 Å². The second kappa shape index (κ2) is 7.52. The molecule has 2 rings (SSSR count). The van der Waals surface area contributed by atoms with Crippen LogP contribution in [0.2, 0.25) is 5.02 Å². The first kappa shape index (κ1) is 16.7. The van der Waals surface area contributed by atoms with E-state index in [1.807, 2.05) is 42.8 Å². The molecule has 0 saturated heterocycles. The molecule has 0 amide bonds. The predicted octanol–water partition coefficient (Wildman–Crippen LogP) is 5.12. The van der Waals surface area contributed by atoms with E-state index in [0.717, 1.165) is 16.3 Å². The van der Waals surface area contributed by atoms with E-state index in [1.165, 1.54) is 32.1 Å². The fourth-order valence-corrected chi connectivity index (χ4v) is 3.44. The lowest BCUT2D eigenvalue weighted by atomic mass is 9.84. The Morgan fingerprint density at radius 3 is 2.71 bits per heavy atom. The minimum atomic E-state index is 0.251. The molecule has 0 aliphatic heterocycles. The van der Waals surface area contributed by atoms with Gasteiger partial charge >= 0.3 is 0 Å². The fourth-order valence-electron chi connectivity index (χ4n) is 2.55. The quantitative estimate of drug-likeness (QED) is 0.463. The van der Waals surface area contributed by atoms with Crippen molar-refractivity contribution >= 4 is 35.8 Å². The molecular formula is C16H24ClN3S. The van der Waals surface area contributed by atoms with Crippen LogP contribution >= 0.6 is 23.7 Å². The molecule has 0 radical (unpaired) electrons. The van der Waals surface area contributed by atoms with Crippen LogP contribution in [0, 0.1) is 6.92 Å². The van der Waals surface area contributed by atoms with E-state index in [9.17, 15) is 0 Å². The van der Waals surface area contributed by atoms with Gasteiger partial charge in [0, 0.05) is 29.7 Å². The SMILES string of the molecule is Cc1cc(Cl)ccc1/N=C/N(C)SNC1(C)CCCCC1. The third kappa shape index (κ3) is 5.20. The average Bonchev–Trinajstić information content (AvgIpc) is 2.45. The lowest BCUT2D eigenvalue weighted by Gasteiger charge is -2.34. The average molecular weight is 326 g/mol. The Morgan fingerprint density at radius 1 is 1.33 bits per heavy atom. The van der Waals surface area contributed by atoms with Gasteiger partial charge < -0.3 is 0 Å². The van der Waals surface area contributed by atoms with Gasteiger partial charge in [0.25, 0.3) is 0 Å². The van der Waals surface area contributed by atoms with Crippen molar-refractivity contribution in [1.82, 2.24) is 9.03 Å². The van der Waals surface area contributed by atoms with Crippen LogP contribution in [0.15, 0.2) is 23.2 Å². The van der Waals surface area contributed by atoms with Gasteiger partial charge in [-0.1, -0.05) is 30.9 Å². The van der Waals surface area contributed by atoms with Crippen molar-refractivity contribution in [3.63, 3.8) is 0 Å². The van der Waals surface area contributed by atoms with Crippen LogP contribution in [0.1, 0.15) is 44.6 Å². The van der Waals surface area contributed by atoms with Crippen LogP contribution in [-0.2, 0) is 0 Å². The number of halogens is 1. The second-order valence-corrected chi connectivity index (χ2v) is 7.44. The molecule has 5 heteroatoms. The van der Waals surface area contributed by atoms with E-state index in [2.05, 4.69) is 16.6 Å². The molecule has 1 aliphatic rings. The van der Waals surface area contributed by atoms with Gasteiger partial charge in [-0.25, -0.2) is 9.71 Å². The van der Waals surface area contributed by atoms with E-state index in [0.29, 0.717) is 0 Å². The molecule has 1 saturated carbocycles. The van der Waals surface area contributed by atoms with Gasteiger partial charge in [0.2, 0.25) is 0 Å². The lowest BCUT2D eigenvalue weighted by molar-refractivity contribution is 0.300. The maximum absolute atomic E-state index is 5.95. The van der Waals surface area contributed by atoms with E-state index in [-0.39, 0.29) is 5.54 Å². The number of nitrogens with one attached hydrogen (secondary N) is 1. The predicted molar refractivity (Wildman–Crippen MR) is 94.3 cm³/mol. The molecule has 1 aromatic rings. The third-order valence-corrected chi connectivity index (χ3v) is 5.11. The van der Waals surface area contributed by atoms with Gasteiger partial charge in [-0.05, 0) is 50.5 Å². The summed E-state index contributed by atoms with van der Waals surface area (Å²) in [5.74, 6) is 0. The first-order valence-corrected chi connectivity index (χ1v) is 8.61. The van der Waals surface area contributed by atoms with Gasteiger partial charge in [-0.15, -0.1) is 0 Å². The summed E-state index contributed by atoms with van der Waals surface area (Å²) in [6, 6.07) is 5.75. The molecule has 0 spiro atoms. The highest BCUT2D eigenvalue weighted by atomic mass is 35.5. The number of aryl methyl sites for hydroxylation is 1. The zero-order chi connectivity index (χ0) is 15.3. The Kier molecular flexibility index (Phi) is 5.97. The fraction of sp³-hybridized carbons (Fsp3) is 0.562. The second-order valence-electron chi connectivity index (χ2n) is 6.04. The van der Waals surface area contributed by atoms with Crippen LogP contribution in [0.25, 0.3) is 0 Å². The standard InChI is InChI=1S/C16H24ClN3S/c1-13-11-14(17)7-8-15(13)18-12-20(3)21-19-16(2)9-5-4-6-10-16/h7-8,11-12,19H,4-6,9-10H2,1-3H3/b18-12+. The van der Waals surface area contributed by atoms with E-state index in [4.69, 9.17) is 11.6 Å². The summed E-state index contributed by atoms with van der Waals surface area (Å²) in [6.07, 6.45) is 8.37. The molecule has 1 aliphatic carbocycles. The molecule has 1 aromatic carbocycles. The van der Waals surface area contributed by atoms with Crippen LogP contribution < -0.4 is 4.72 Å². The highest BCUT2D eigenvalue weighted by molar-refractivity contribution is 7.95. The van der Waals surface area contributed by atoms with E-state index < -0.39 is 0 Å². The maximum atomic E-state index is 5.95. The third-order valence-electron chi connectivity index (χ3n) is 3.91. The van der Waals surface area contributed by atoms with Crippen molar-refractivity contribution in [3.8, 4) is 0 Å². The zero-order valence-corrected chi connectivity index (χ0v) is 14.6. The van der Waals surface area contributed by atoms with Crippen molar-refractivity contribution in [1.29, 1.82) is 0 Å². The number of nitrogens with zero attached hydrogens (tertiary/aromatic N) is 2. The molecule has 116 valence electrons. The highest BCUT2D eigenvalue weighted by Crippen LogP contribution is 2.29. The molecule has 1 fully saturated rings. The van der Waals surface area contributed by atoms with Gasteiger partial charge in [-0.2, -0.15) is 0 Å². The number of benzene rings is 1. The van der Waals surface area contributed by atoms with Crippen LogP contribution in [0.3, 0.4) is 0 Å². The van der Waals surface area contributed by atoms with E-state index >= 15 is 0 Å². The molecule has 21 heavy (non-hydrogen) atoms. The van der Waals surface area contributed by atoms with Gasteiger partial charge in [-0.3, -0.25) is 4.31 Å². The Balaban J connectivity index is 1.86. The number of rotatable bonds is 5. The van der Waals surface area contributed by atoms with E-state index in [1.54, 1.807) is 12.1 Å². The minimum Gasteiger partial charge on any atom is -0.297 e. The summed E-state index contributed by atoms with van der Waals surface area (Å²) in [5, 5.41) is 0.751. The van der Waals surface area contributed by atoms with Crippen LogP contribution in [0.5, 0.6) is 0 Å². The summed E-state index contributed by atoms with van der Waals surface area (Å²) in [5.41, 5.74) is 2.29. The van der Waals surface area contributed by atoms with Gasteiger partial charge in [0.15, 0.2) is 0 Å². The first-order chi connectivity index (χ1) is 9.98. The molecule has 3 nitrogen and oxygen atoms in total. The lowest BCUT2D eigenvalue weighted by Crippen LogP contribution is -2.41. The van der Waals surface area contributed by atoms with Gasteiger partial charge in [0.05, 0.1) is 5.69 Å². The van der Waals surface area contributed by atoms with Crippen LogP contribution in [-0.4, -0.2) is 23.2 Å². The summed E-state index contributed by atoms with van der Waals surface area (Å²) >= 11 is 7.57. The molecule has 1 N–H and O–H groups in total. The van der Waals surface area contributed by atoms with Gasteiger partial charge in [0.1, 0.15) is 6.34 Å². The van der Waals surface area contributed by atoms with Crippen molar-refractivity contribution in [2.45, 2.75) is 51.5 Å². The molecule has 0 bridgehead atoms. The summed E-state index contributed by atoms with van der Waals surface area (Å²) < 4.78 is 5.60. The monoisotopic (exact) mass is 325 g/mol. The molecule has 0 atom stereocenters. The molecule has 0 aromatic heterocycles. The Bertz CT molecular complexity index is 498. The van der Waals surface area contributed by atoms with Crippen molar-refractivity contribution < 1.29 is 0 Å². The van der Waals surface area contributed by atoms with Crippen molar-refractivity contribution in [2.75, 3.05) is 7.05 Å². The maximum Gasteiger partial charge on any atom is 0.102 e. The Morgan fingerprint density at radius 2 is 2.05 bits per heavy atom. The number of aliphatic imine (C=N–C) groups is 1. The van der Waals surface area contributed by atoms with Crippen LogP contribution in [0.4, 0.5) is 5.69 Å². The normalized spacial score (nSPS) is 18.1. The summed E-state index contributed by atoms with van der Waals surface area (Å²) in [6.45, 7) is 4.33. The Labute approximate surface area is 137 Å². The molecule has 0 unspecified atom stereocenters. The zero-order valence-electron chi connectivity index (χ0n) is 13.0. The smallest absolute Gasteiger partial charge is 0.102 e. The largest absolute Gasteiger partial charge is 0.297 e. The summed E-state index contributed by atoms with van der Waals surface area (Å²) in [7, 11) is 2.01. The summed E-state index contributed by atoms with van der Waals surface area (Å²) in [4.78, 5) is 4.51. The van der Waals surface area contributed by atoms with Crippen molar-refractivity contribution in [3.05, 3.63) is 28.8 Å². The minimum absolute atomic E-state index is 0.251. The Hall–Kier alpha value is -0.710. The first-order valence-electron chi connectivity index (χ1n) is 7.46. The molecular weight excluding hydrogens is 302 g/mol. The number of hydrogen-bond donors (Lipinski definition) is 1. The molecule has 0 heterocycles. The topological polar surface area (TPSA) is 27.6 Å². The number of hydrogen-bond acceptors (Lipinski definition) is 3.